The predicted octanol–water partition coefficient (Wildman–Crippen LogP) is 0.865. The molecule has 0 amide bonds. The second kappa shape index (κ2) is 3.85. The van der Waals surface area contributed by atoms with Crippen molar-refractivity contribution in [3.05, 3.63) is 41.2 Å². The monoisotopic (exact) mass is 230 g/mol. The fourth-order valence-electron chi connectivity index (χ4n) is 2.30. The van der Waals surface area contributed by atoms with Crippen molar-refractivity contribution in [3.63, 3.8) is 0 Å². The van der Waals surface area contributed by atoms with Crippen molar-refractivity contribution in [1.82, 2.24) is 15.0 Å². The van der Waals surface area contributed by atoms with E-state index in [-0.39, 0.29) is 0 Å². The van der Waals surface area contributed by atoms with E-state index in [2.05, 4.69) is 21.7 Å². The van der Waals surface area contributed by atoms with Crippen molar-refractivity contribution < 1.29 is 5.11 Å². The molecule has 3 rings (SSSR count). The zero-order valence-corrected chi connectivity index (χ0v) is 9.59. The van der Waals surface area contributed by atoms with Crippen LogP contribution in [-0.4, -0.2) is 26.6 Å². The third-order valence-corrected chi connectivity index (χ3v) is 3.20. The number of aromatic nitrogens is 3. The highest BCUT2D eigenvalue weighted by Gasteiger charge is 2.22. The van der Waals surface area contributed by atoms with Crippen molar-refractivity contribution in [3.8, 4) is 0 Å². The summed E-state index contributed by atoms with van der Waals surface area (Å²) in [5, 5.41) is 21.3. The largest absolute Gasteiger partial charge is 0.384 e. The van der Waals surface area contributed by atoms with Gasteiger partial charge in [0.1, 0.15) is 6.10 Å². The topological polar surface area (TPSA) is 63.0 Å². The Labute approximate surface area is 99.1 Å². The number of hydrogen-bond acceptors (Lipinski definition) is 4. The maximum atomic E-state index is 10.4. The average Bonchev–Trinajstić information content (AvgIpc) is 2.95. The van der Waals surface area contributed by atoms with E-state index in [1.165, 1.54) is 5.56 Å². The van der Waals surface area contributed by atoms with E-state index in [4.69, 9.17) is 0 Å². The average molecular weight is 230 g/mol. The molecule has 5 heteroatoms. The maximum absolute atomic E-state index is 10.4. The van der Waals surface area contributed by atoms with Crippen LogP contribution in [0, 0.1) is 0 Å². The summed E-state index contributed by atoms with van der Waals surface area (Å²) in [7, 11) is 1.78. The number of nitrogens with one attached hydrogen (secondary N) is 1. The van der Waals surface area contributed by atoms with E-state index in [9.17, 15) is 5.11 Å². The summed E-state index contributed by atoms with van der Waals surface area (Å²) < 4.78 is 1.60. The number of benzene rings is 1. The third kappa shape index (κ3) is 1.59. The molecule has 0 spiro atoms. The molecule has 1 atom stereocenters. The molecule has 0 fully saturated rings. The van der Waals surface area contributed by atoms with Gasteiger partial charge >= 0.3 is 0 Å². The zero-order valence-electron chi connectivity index (χ0n) is 9.59. The van der Waals surface area contributed by atoms with E-state index in [0.717, 1.165) is 24.2 Å². The van der Waals surface area contributed by atoms with E-state index >= 15 is 0 Å². The SMILES string of the molecule is Cn1nncc1C(O)c1cccc2c1NCC2. The molecule has 5 nitrogen and oxygen atoms in total. The summed E-state index contributed by atoms with van der Waals surface area (Å²) in [5.41, 5.74) is 3.91. The highest BCUT2D eigenvalue weighted by atomic mass is 16.3. The van der Waals surface area contributed by atoms with Crippen LogP contribution in [0.4, 0.5) is 5.69 Å². The molecule has 1 aromatic carbocycles. The van der Waals surface area contributed by atoms with Gasteiger partial charge in [-0.05, 0) is 12.0 Å². The van der Waals surface area contributed by atoms with Gasteiger partial charge in [0.15, 0.2) is 0 Å². The molecule has 1 unspecified atom stereocenters. The van der Waals surface area contributed by atoms with Crippen molar-refractivity contribution in [2.45, 2.75) is 12.5 Å². The number of hydrogen-bond donors (Lipinski definition) is 2. The van der Waals surface area contributed by atoms with E-state index in [0.29, 0.717) is 5.69 Å². The summed E-state index contributed by atoms with van der Waals surface area (Å²) >= 11 is 0. The summed E-state index contributed by atoms with van der Waals surface area (Å²) in [4.78, 5) is 0. The molecule has 0 saturated carbocycles. The lowest BCUT2D eigenvalue weighted by molar-refractivity contribution is 0.210. The molecule has 1 aliphatic heterocycles. The fourth-order valence-corrected chi connectivity index (χ4v) is 2.30. The van der Waals surface area contributed by atoms with Gasteiger partial charge in [0.05, 0.1) is 11.9 Å². The number of aryl methyl sites for hydroxylation is 1. The predicted molar refractivity (Wildman–Crippen MR) is 63.7 cm³/mol. The molecule has 0 saturated heterocycles. The Balaban J connectivity index is 2.05. The van der Waals surface area contributed by atoms with Crippen LogP contribution in [0.25, 0.3) is 0 Å². The van der Waals surface area contributed by atoms with Crippen LogP contribution in [0.1, 0.15) is 22.9 Å². The van der Waals surface area contributed by atoms with Gasteiger partial charge in [-0.15, -0.1) is 5.10 Å². The quantitative estimate of drug-likeness (QED) is 0.803. The van der Waals surface area contributed by atoms with Crippen molar-refractivity contribution in [2.24, 2.45) is 7.05 Å². The number of anilines is 1. The molecular weight excluding hydrogens is 216 g/mol. The lowest BCUT2D eigenvalue weighted by Crippen LogP contribution is -2.08. The van der Waals surface area contributed by atoms with Gasteiger partial charge in [-0.25, -0.2) is 4.68 Å². The number of aliphatic hydroxyl groups excluding tert-OH is 1. The Morgan fingerprint density at radius 2 is 2.35 bits per heavy atom. The Hall–Kier alpha value is -1.88. The van der Waals surface area contributed by atoms with E-state index in [1.54, 1.807) is 17.9 Å². The lowest BCUT2D eigenvalue weighted by Gasteiger charge is -2.14. The van der Waals surface area contributed by atoms with Crippen LogP contribution in [0.3, 0.4) is 0 Å². The summed E-state index contributed by atoms with van der Waals surface area (Å²) in [5.74, 6) is 0. The Bertz CT molecular complexity index is 549. The molecule has 2 heterocycles. The summed E-state index contributed by atoms with van der Waals surface area (Å²) in [6.07, 6.45) is 1.92. The lowest BCUT2D eigenvalue weighted by atomic mass is 10.0. The number of aliphatic hydroxyl groups is 1. The first-order valence-electron chi connectivity index (χ1n) is 5.65. The Kier molecular flexibility index (Phi) is 2.33. The smallest absolute Gasteiger partial charge is 0.124 e. The van der Waals surface area contributed by atoms with Gasteiger partial charge in [-0.2, -0.15) is 0 Å². The minimum Gasteiger partial charge on any atom is -0.384 e. The molecule has 2 aromatic rings. The van der Waals surface area contributed by atoms with Crippen LogP contribution in [0.15, 0.2) is 24.4 Å². The van der Waals surface area contributed by atoms with Crippen molar-refractivity contribution in [1.29, 1.82) is 0 Å². The van der Waals surface area contributed by atoms with E-state index in [1.807, 2.05) is 12.1 Å². The second-order valence-corrected chi connectivity index (χ2v) is 4.24. The molecule has 0 radical (unpaired) electrons. The molecule has 1 aliphatic rings. The standard InChI is InChI=1S/C12H14N4O/c1-16-10(7-14-15-16)12(17)9-4-2-3-8-5-6-13-11(8)9/h2-4,7,12-13,17H,5-6H2,1H3. The third-order valence-electron chi connectivity index (χ3n) is 3.20. The van der Waals surface area contributed by atoms with Crippen molar-refractivity contribution >= 4 is 5.69 Å². The molecule has 2 N–H and O–H groups in total. The Morgan fingerprint density at radius 1 is 1.47 bits per heavy atom. The Morgan fingerprint density at radius 3 is 3.12 bits per heavy atom. The van der Waals surface area contributed by atoms with Crippen LogP contribution < -0.4 is 5.32 Å². The van der Waals surface area contributed by atoms with Crippen LogP contribution in [-0.2, 0) is 13.5 Å². The first-order chi connectivity index (χ1) is 8.27. The highest BCUT2D eigenvalue weighted by Crippen LogP contribution is 2.33. The number of rotatable bonds is 2. The van der Waals surface area contributed by atoms with Gasteiger partial charge in [0, 0.05) is 24.8 Å². The number of fused-ring (bicyclic) bond motifs is 1. The second-order valence-electron chi connectivity index (χ2n) is 4.24. The van der Waals surface area contributed by atoms with Gasteiger partial charge in [0.25, 0.3) is 0 Å². The van der Waals surface area contributed by atoms with Crippen molar-refractivity contribution in [2.75, 3.05) is 11.9 Å². The molecule has 0 bridgehead atoms. The molecule has 17 heavy (non-hydrogen) atoms. The normalized spacial score (nSPS) is 15.4. The van der Waals surface area contributed by atoms with Gasteiger partial charge in [0.2, 0.25) is 0 Å². The van der Waals surface area contributed by atoms with Crippen LogP contribution >= 0.6 is 0 Å². The summed E-state index contributed by atoms with van der Waals surface area (Å²) in [6, 6.07) is 6.01. The summed E-state index contributed by atoms with van der Waals surface area (Å²) in [6.45, 7) is 0.933. The minimum atomic E-state index is -0.685. The van der Waals surface area contributed by atoms with Crippen LogP contribution in [0.5, 0.6) is 0 Å². The number of nitrogens with zero attached hydrogens (tertiary/aromatic N) is 3. The molecular formula is C12H14N4O. The fraction of sp³-hybridized carbons (Fsp3) is 0.333. The zero-order chi connectivity index (χ0) is 11.8. The highest BCUT2D eigenvalue weighted by molar-refractivity contribution is 5.62. The van der Waals surface area contributed by atoms with Gasteiger partial charge in [-0.1, -0.05) is 23.4 Å². The first kappa shape index (κ1) is 10.3. The first-order valence-corrected chi connectivity index (χ1v) is 5.65. The number of para-hydroxylation sites is 1. The minimum absolute atomic E-state index is 0.685. The van der Waals surface area contributed by atoms with E-state index < -0.39 is 6.10 Å². The van der Waals surface area contributed by atoms with Gasteiger partial charge < -0.3 is 10.4 Å². The maximum Gasteiger partial charge on any atom is 0.124 e. The molecule has 1 aromatic heterocycles. The molecule has 0 aliphatic carbocycles. The molecule has 88 valence electrons. The van der Waals surface area contributed by atoms with Crippen LogP contribution in [0.2, 0.25) is 0 Å². The van der Waals surface area contributed by atoms with Gasteiger partial charge in [-0.3, -0.25) is 0 Å².